The Balaban J connectivity index is 1.64. The van der Waals surface area contributed by atoms with Crippen molar-refractivity contribution >= 4 is 5.97 Å². The van der Waals surface area contributed by atoms with Crippen molar-refractivity contribution < 1.29 is 14.3 Å². The van der Waals surface area contributed by atoms with Gasteiger partial charge in [-0.1, -0.05) is 87.3 Å². The van der Waals surface area contributed by atoms with Crippen LogP contribution in [0.25, 0.3) is 0 Å². The molecule has 2 aromatic carbocycles. The Hall–Kier alpha value is -2.73. The molecule has 0 aliphatic heterocycles. The number of unbranched alkanes of at least 4 members (excludes halogenated alkanes) is 5. The van der Waals surface area contributed by atoms with Crippen molar-refractivity contribution in [2.75, 3.05) is 6.61 Å². The van der Waals surface area contributed by atoms with Gasteiger partial charge in [0.2, 0.25) is 0 Å². The lowest BCUT2D eigenvalue weighted by atomic mass is 10.1. The van der Waals surface area contributed by atoms with E-state index in [-0.39, 0.29) is 5.97 Å². The molecule has 3 nitrogen and oxygen atoms in total. The molecule has 29 heavy (non-hydrogen) atoms. The van der Waals surface area contributed by atoms with Gasteiger partial charge in [0.1, 0.15) is 12.4 Å². The monoisotopic (exact) mass is 392 g/mol. The maximum Gasteiger partial charge on any atom is 0.307 e. The lowest BCUT2D eigenvalue weighted by Gasteiger charge is -2.06. The van der Waals surface area contributed by atoms with E-state index in [2.05, 4.69) is 18.8 Å². The zero-order valence-electron chi connectivity index (χ0n) is 17.5. The molecule has 0 aliphatic rings. The van der Waals surface area contributed by atoms with Crippen LogP contribution in [0.2, 0.25) is 0 Å². The van der Waals surface area contributed by atoms with E-state index in [1.807, 2.05) is 54.6 Å². The van der Waals surface area contributed by atoms with Crippen LogP contribution in [0, 0.1) is 11.8 Å². The maximum absolute atomic E-state index is 11.8. The van der Waals surface area contributed by atoms with Gasteiger partial charge in [-0.25, -0.2) is 0 Å². The fraction of sp³-hybridized carbons (Fsp3) is 0.423. The molecule has 0 saturated heterocycles. The van der Waals surface area contributed by atoms with E-state index >= 15 is 0 Å². The standard InChI is InChI=1S/C26H32O3/c1-2-3-4-5-6-12-20-28-25-18-13-17-23(21-25)14-10-11-19-26(27)29-22-24-15-8-7-9-16-24/h7-9,13,15-18,21H,2-6,11-12,19-20,22H2,1H3. The van der Waals surface area contributed by atoms with Crippen molar-refractivity contribution in [3.05, 3.63) is 65.7 Å². The number of ether oxygens (including phenoxy) is 2. The highest BCUT2D eigenvalue weighted by Crippen LogP contribution is 2.14. The number of carbonyl (C=O) groups is 1. The number of hydrogen-bond acceptors (Lipinski definition) is 3. The Labute approximate surface area is 175 Å². The van der Waals surface area contributed by atoms with Crippen molar-refractivity contribution in [3.8, 4) is 17.6 Å². The molecule has 0 amide bonds. The van der Waals surface area contributed by atoms with Crippen LogP contribution >= 0.6 is 0 Å². The van der Waals surface area contributed by atoms with Gasteiger partial charge >= 0.3 is 5.97 Å². The summed E-state index contributed by atoms with van der Waals surface area (Å²) in [5.74, 6) is 6.78. The van der Waals surface area contributed by atoms with E-state index < -0.39 is 0 Å². The summed E-state index contributed by atoms with van der Waals surface area (Å²) in [6, 6.07) is 17.5. The quantitative estimate of drug-likeness (QED) is 0.241. The topological polar surface area (TPSA) is 35.5 Å². The van der Waals surface area contributed by atoms with Crippen LogP contribution in [0.5, 0.6) is 5.75 Å². The number of carbonyl (C=O) groups excluding carboxylic acids is 1. The lowest BCUT2D eigenvalue weighted by molar-refractivity contribution is -0.144. The van der Waals surface area contributed by atoms with Crippen molar-refractivity contribution in [3.63, 3.8) is 0 Å². The third-order valence-electron chi connectivity index (χ3n) is 4.53. The summed E-state index contributed by atoms with van der Waals surface area (Å²) in [4.78, 5) is 11.8. The zero-order valence-corrected chi connectivity index (χ0v) is 17.5. The average Bonchev–Trinajstić information content (AvgIpc) is 2.76. The summed E-state index contributed by atoms with van der Waals surface area (Å²) in [5.41, 5.74) is 1.90. The van der Waals surface area contributed by atoms with E-state index in [1.165, 1.54) is 32.1 Å². The van der Waals surface area contributed by atoms with Gasteiger partial charge in [0, 0.05) is 12.0 Å². The smallest absolute Gasteiger partial charge is 0.307 e. The molecule has 0 fully saturated rings. The van der Waals surface area contributed by atoms with Crippen molar-refractivity contribution in [1.29, 1.82) is 0 Å². The molecule has 154 valence electrons. The second-order valence-electron chi connectivity index (χ2n) is 7.09. The fourth-order valence-corrected chi connectivity index (χ4v) is 2.88. The van der Waals surface area contributed by atoms with Gasteiger partial charge in [-0.05, 0) is 30.2 Å². The first-order valence-electron chi connectivity index (χ1n) is 10.7. The Morgan fingerprint density at radius 2 is 1.72 bits per heavy atom. The molecular weight excluding hydrogens is 360 g/mol. The molecule has 2 rings (SSSR count). The van der Waals surface area contributed by atoms with Gasteiger partial charge in [0.25, 0.3) is 0 Å². The van der Waals surface area contributed by atoms with E-state index in [0.717, 1.165) is 29.9 Å². The first kappa shape index (κ1) is 22.6. The molecule has 2 aromatic rings. The molecule has 0 atom stereocenters. The van der Waals surface area contributed by atoms with Crippen molar-refractivity contribution in [2.24, 2.45) is 0 Å². The normalized spacial score (nSPS) is 10.1. The van der Waals surface area contributed by atoms with E-state index in [1.54, 1.807) is 0 Å². The Bertz CT molecular complexity index is 771. The molecule has 0 heterocycles. The summed E-state index contributed by atoms with van der Waals surface area (Å²) >= 11 is 0. The van der Waals surface area contributed by atoms with Crippen molar-refractivity contribution in [2.45, 2.75) is 64.9 Å². The van der Waals surface area contributed by atoms with Crippen LogP contribution in [0.15, 0.2) is 54.6 Å². The van der Waals surface area contributed by atoms with Gasteiger partial charge in [-0.15, -0.1) is 0 Å². The summed E-state index contributed by atoms with van der Waals surface area (Å²) in [7, 11) is 0. The molecule has 0 aromatic heterocycles. The SMILES string of the molecule is CCCCCCCCOc1cccc(C#CCCC(=O)OCc2ccccc2)c1. The average molecular weight is 393 g/mol. The molecule has 0 N–H and O–H groups in total. The number of rotatable bonds is 12. The molecule has 0 bridgehead atoms. The molecule has 0 spiro atoms. The third-order valence-corrected chi connectivity index (χ3v) is 4.53. The predicted octanol–water partition coefficient (Wildman–Crippen LogP) is 6.30. The van der Waals surface area contributed by atoms with Crippen LogP contribution in [-0.4, -0.2) is 12.6 Å². The van der Waals surface area contributed by atoms with Crippen LogP contribution in [0.3, 0.4) is 0 Å². The highest BCUT2D eigenvalue weighted by molar-refractivity contribution is 5.69. The summed E-state index contributed by atoms with van der Waals surface area (Å²) < 4.78 is 11.1. The molecule has 0 unspecified atom stereocenters. The van der Waals surface area contributed by atoms with E-state index in [0.29, 0.717) is 19.4 Å². The largest absolute Gasteiger partial charge is 0.494 e. The minimum atomic E-state index is -0.223. The highest BCUT2D eigenvalue weighted by Gasteiger charge is 2.02. The third kappa shape index (κ3) is 10.4. The fourth-order valence-electron chi connectivity index (χ4n) is 2.88. The summed E-state index contributed by atoms with van der Waals surface area (Å²) in [6.45, 7) is 3.29. The van der Waals surface area contributed by atoms with Crippen LogP contribution in [0.1, 0.15) is 69.4 Å². The Morgan fingerprint density at radius 1 is 0.931 bits per heavy atom. The van der Waals surface area contributed by atoms with Crippen LogP contribution in [0.4, 0.5) is 0 Å². The summed E-state index contributed by atoms with van der Waals surface area (Å²) in [6.07, 6.45) is 8.30. The predicted molar refractivity (Wildman–Crippen MR) is 118 cm³/mol. The van der Waals surface area contributed by atoms with Gasteiger partial charge in [-0.3, -0.25) is 4.79 Å². The van der Waals surface area contributed by atoms with Gasteiger partial charge in [0.05, 0.1) is 13.0 Å². The van der Waals surface area contributed by atoms with Crippen LogP contribution in [-0.2, 0) is 16.1 Å². The van der Waals surface area contributed by atoms with Crippen molar-refractivity contribution in [1.82, 2.24) is 0 Å². The molecule has 0 saturated carbocycles. The van der Waals surface area contributed by atoms with Gasteiger partial charge < -0.3 is 9.47 Å². The van der Waals surface area contributed by atoms with E-state index in [4.69, 9.17) is 9.47 Å². The second-order valence-corrected chi connectivity index (χ2v) is 7.09. The lowest BCUT2D eigenvalue weighted by Crippen LogP contribution is -2.03. The zero-order chi connectivity index (χ0) is 20.6. The first-order chi connectivity index (χ1) is 14.3. The van der Waals surface area contributed by atoms with Gasteiger partial charge in [0.15, 0.2) is 0 Å². The molecule has 3 heteroatoms. The van der Waals surface area contributed by atoms with E-state index in [9.17, 15) is 4.79 Å². The minimum absolute atomic E-state index is 0.223. The molecular formula is C26H32O3. The highest BCUT2D eigenvalue weighted by atomic mass is 16.5. The first-order valence-corrected chi connectivity index (χ1v) is 10.7. The van der Waals surface area contributed by atoms with Gasteiger partial charge in [-0.2, -0.15) is 0 Å². The number of hydrogen-bond donors (Lipinski definition) is 0. The molecule has 0 aliphatic carbocycles. The van der Waals surface area contributed by atoms with Crippen LogP contribution < -0.4 is 4.74 Å². The number of benzene rings is 2. The molecule has 0 radical (unpaired) electrons. The Kier molecular flexibility index (Phi) is 11.1. The maximum atomic E-state index is 11.8. The summed E-state index contributed by atoms with van der Waals surface area (Å²) in [5, 5.41) is 0. The minimum Gasteiger partial charge on any atom is -0.494 e. The second kappa shape index (κ2) is 14.3. The number of esters is 1. The Morgan fingerprint density at radius 3 is 2.55 bits per heavy atom.